The van der Waals surface area contributed by atoms with E-state index >= 15 is 0 Å². The first-order chi connectivity index (χ1) is 6.36. The number of likely N-dealkylation sites (N-methyl/N-ethyl adjacent to an activating group) is 1. The quantitative estimate of drug-likeness (QED) is 0.633. The summed E-state index contributed by atoms with van der Waals surface area (Å²) in [4.78, 5) is 8.86. The van der Waals surface area contributed by atoms with Gasteiger partial charge in [0, 0.05) is 32.4 Å². The van der Waals surface area contributed by atoms with Crippen LogP contribution in [0.25, 0.3) is 0 Å². The highest BCUT2D eigenvalue weighted by Crippen LogP contribution is 2.13. The number of anilines is 1. The van der Waals surface area contributed by atoms with Gasteiger partial charge >= 0.3 is 0 Å². The molecule has 0 radical (unpaired) electrons. The molecule has 2 heterocycles. The van der Waals surface area contributed by atoms with Crippen molar-refractivity contribution >= 4 is 5.69 Å². The molecule has 0 spiro atoms. The average Bonchev–Trinajstić information content (AvgIpc) is 2.20. The van der Waals surface area contributed by atoms with Crippen molar-refractivity contribution in [1.82, 2.24) is 9.88 Å². The fourth-order valence-corrected chi connectivity index (χ4v) is 1.61. The minimum atomic E-state index is 1.11. The molecule has 0 saturated carbocycles. The summed E-state index contributed by atoms with van der Waals surface area (Å²) in [5, 5.41) is 0. The van der Waals surface area contributed by atoms with Gasteiger partial charge in [0.1, 0.15) is 0 Å². The first-order valence-electron chi connectivity index (χ1n) is 4.70. The molecule has 0 amide bonds. The van der Waals surface area contributed by atoms with Crippen LogP contribution < -0.4 is 4.90 Å². The maximum Gasteiger partial charge on any atom is 0.0553 e. The van der Waals surface area contributed by atoms with Crippen LogP contribution in [0.3, 0.4) is 0 Å². The predicted octanol–water partition coefficient (Wildman–Crippen LogP) is 0.833. The Hall–Kier alpha value is -1.09. The molecule has 70 valence electrons. The third-order valence-corrected chi connectivity index (χ3v) is 2.51. The molecule has 1 aromatic heterocycles. The van der Waals surface area contributed by atoms with Gasteiger partial charge in [-0.25, -0.2) is 0 Å². The first kappa shape index (κ1) is 8.51. The van der Waals surface area contributed by atoms with Gasteiger partial charge in [-0.15, -0.1) is 0 Å². The summed E-state index contributed by atoms with van der Waals surface area (Å²) in [5.41, 5.74) is 1.25. The van der Waals surface area contributed by atoms with Gasteiger partial charge in [0.2, 0.25) is 0 Å². The third kappa shape index (κ3) is 1.98. The zero-order valence-corrected chi connectivity index (χ0v) is 7.98. The van der Waals surface area contributed by atoms with Gasteiger partial charge in [-0.3, -0.25) is 4.98 Å². The van der Waals surface area contributed by atoms with Crippen LogP contribution in [0, 0.1) is 0 Å². The maximum absolute atomic E-state index is 4.12. The standard InChI is InChI=1S/C10H15N3/c1-12-5-7-13(8-6-12)10-3-2-4-11-9-10/h2-4,9H,5-8H2,1H3. The van der Waals surface area contributed by atoms with Crippen LogP contribution in [0.2, 0.25) is 0 Å². The zero-order chi connectivity index (χ0) is 9.10. The van der Waals surface area contributed by atoms with Gasteiger partial charge in [-0.05, 0) is 19.2 Å². The summed E-state index contributed by atoms with van der Waals surface area (Å²) in [6.45, 7) is 4.52. The molecule has 13 heavy (non-hydrogen) atoms. The summed E-state index contributed by atoms with van der Waals surface area (Å²) in [6.07, 6.45) is 3.75. The normalized spacial score (nSPS) is 19.0. The van der Waals surface area contributed by atoms with Crippen molar-refractivity contribution in [2.24, 2.45) is 0 Å². The molecular weight excluding hydrogens is 162 g/mol. The number of nitrogens with zero attached hydrogens (tertiary/aromatic N) is 3. The number of aromatic nitrogens is 1. The fourth-order valence-electron chi connectivity index (χ4n) is 1.61. The Morgan fingerprint density at radius 1 is 1.23 bits per heavy atom. The molecule has 1 saturated heterocycles. The molecule has 3 nitrogen and oxygen atoms in total. The third-order valence-electron chi connectivity index (χ3n) is 2.51. The molecule has 0 N–H and O–H groups in total. The molecule has 0 aliphatic carbocycles. The second-order valence-corrected chi connectivity index (χ2v) is 3.50. The molecule has 0 aromatic carbocycles. The molecular formula is C10H15N3. The van der Waals surface area contributed by atoms with Gasteiger partial charge in [-0.2, -0.15) is 0 Å². The number of pyridine rings is 1. The maximum atomic E-state index is 4.12. The van der Waals surface area contributed by atoms with Gasteiger partial charge in [0.15, 0.2) is 0 Å². The van der Waals surface area contributed by atoms with Crippen LogP contribution in [-0.2, 0) is 0 Å². The number of piperazine rings is 1. The first-order valence-corrected chi connectivity index (χ1v) is 4.70. The molecule has 0 unspecified atom stereocenters. The highest BCUT2D eigenvalue weighted by Gasteiger charge is 2.13. The van der Waals surface area contributed by atoms with Crippen LogP contribution >= 0.6 is 0 Å². The SMILES string of the molecule is CN1CCN(c2cccnc2)CC1. The van der Waals surface area contributed by atoms with Gasteiger partial charge < -0.3 is 9.80 Å². The lowest BCUT2D eigenvalue weighted by atomic mass is 10.3. The Labute approximate surface area is 79.0 Å². The van der Waals surface area contributed by atoms with Gasteiger partial charge in [0.05, 0.1) is 11.9 Å². The van der Waals surface area contributed by atoms with E-state index in [2.05, 4.69) is 27.9 Å². The van der Waals surface area contributed by atoms with Crippen LogP contribution in [-0.4, -0.2) is 43.1 Å². The van der Waals surface area contributed by atoms with Crippen molar-refractivity contribution in [3.63, 3.8) is 0 Å². The highest BCUT2D eigenvalue weighted by molar-refractivity contribution is 5.43. The Kier molecular flexibility index (Phi) is 2.45. The number of rotatable bonds is 1. The lowest BCUT2D eigenvalue weighted by Crippen LogP contribution is -2.44. The van der Waals surface area contributed by atoms with E-state index in [9.17, 15) is 0 Å². The van der Waals surface area contributed by atoms with E-state index in [1.165, 1.54) is 5.69 Å². The van der Waals surface area contributed by atoms with Crippen LogP contribution in [0.1, 0.15) is 0 Å². The monoisotopic (exact) mass is 177 g/mol. The van der Waals surface area contributed by atoms with E-state index in [1.54, 1.807) is 0 Å². The summed E-state index contributed by atoms with van der Waals surface area (Å²) < 4.78 is 0. The lowest BCUT2D eigenvalue weighted by molar-refractivity contribution is 0.313. The molecule has 2 rings (SSSR count). The highest BCUT2D eigenvalue weighted by atomic mass is 15.2. The van der Waals surface area contributed by atoms with E-state index in [4.69, 9.17) is 0 Å². The smallest absolute Gasteiger partial charge is 0.0553 e. The predicted molar refractivity (Wildman–Crippen MR) is 53.9 cm³/mol. The van der Waals surface area contributed by atoms with Crippen molar-refractivity contribution in [3.8, 4) is 0 Å². The lowest BCUT2D eigenvalue weighted by Gasteiger charge is -2.33. The second kappa shape index (κ2) is 3.75. The minimum Gasteiger partial charge on any atom is -0.368 e. The molecule has 1 aliphatic heterocycles. The number of hydrogen-bond acceptors (Lipinski definition) is 3. The Morgan fingerprint density at radius 3 is 2.62 bits per heavy atom. The molecule has 0 bridgehead atoms. The largest absolute Gasteiger partial charge is 0.368 e. The number of hydrogen-bond donors (Lipinski definition) is 0. The Balaban J connectivity index is 2.03. The van der Waals surface area contributed by atoms with Crippen molar-refractivity contribution in [2.45, 2.75) is 0 Å². The van der Waals surface area contributed by atoms with Crippen LogP contribution in [0.5, 0.6) is 0 Å². The van der Waals surface area contributed by atoms with Crippen molar-refractivity contribution in [1.29, 1.82) is 0 Å². The van der Waals surface area contributed by atoms with E-state index < -0.39 is 0 Å². The van der Waals surface area contributed by atoms with Crippen molar-refractivity contribution in [3.05, 3.63) is 24.5 Å². The summed E-state index contributed by atoms with van der Waals surface area (Å²) in [7, 11) is 2.17. The van der Waals surface area contributed by atoms with E-state index in [0.717, 1.165) is 26.2 Å². The summed E-state index contributed by atoms with van der Waals surface area (Å²) in [6, 6.07) is 4.12. The second-order valence-electron chi connectivity index (χ2n) is 3.50. The van der Waals surface area contributed by atoms with Crippen LogP contribution in [0.4, 0.5) is 5.69 Å². The Morgan fingerprint density at radius 2 is 2.00 bits per heavy atom. The fraction of sp³-hybridized carbons (Fsp3) is 0.500. The average molecular weight is 177 g/mol. The van der Waals surface area contributed by atoms with E-state index in [0.29, 0.717) is 0 Å². The molecule has 1 fully saturated rings. The topological polar surface area (TPSA) is 19.4 Å². The van der Waals surface area contributed by atoms with Crippen molar-refractivity contribution in [2.75, 3.05) is 38.1 Å². The summed E-state index contributed by atoms with van der Waals surface area (Å²) >= 11 is 0. The molecule has 0 atom stereocenters. The molecule has 1 aromatic rings. The summed E-state index contributed by atoms with van der Waals surface area (Å²) in [5.74, 6) is 0. The van der Waals surface area contributed by atoms with Crippen molar-refractivity contribution < 1.29 is 0 Å². The van der Waals surface area contributed by atoms with E-state index in [1.807, 2.05) is 18.5 Å². The molecule has 3 heteroatoms. The zero-order valence-electron chi connectivity index (χ0n) is 7.98. The molecule has 1 aliphatic rings. The van der Waals surface area contributed by atoms with Gasteiger partial charge in [-0.1, -0.05) is 0 Å². The Bertz CT molecular complexity index is 252. The van der Waals surface area contributed by atoms with E-state index in [-0.39, 0.29) is 0 Å². The minimum absolute atomic E-state index is 1.11. The van der Waals surface area contributed by atoms with Crippen LogP contribution in [0.15, 0.2) is 24.5 Å². The van der Waals surface area contributed by atoms with Gasteiger partial charge in [0.25, 0.3) is 0 Å².